The largest absolute Gasteiger partial charge is 0.495 e. The molecule has 0 aliphatic carbocycles. The standard InChI is InChI=1S/C15H17N3O3/c1-18(21-3)15(19)11-7-6-10-16-14(11)17-12-8-4-5-9-13(12)20-2/h4-10H,1-3H3,(H,16,17). The molecule has 0 fully saturated rings. The van der Waals surface area contributed by atoms with Crippen molar-refractivity contribution in [2.75, 3.05) is 26.6 Å². The van der Waals surface area contributed by atoms with Gasteiger partial charge >= 0.3 is 0 Å². The van der Waals surface area contributed by atoms with Crippen molar-refractivity contribution >= 4 is 17.4 Å². The van der Waals surface area contributed by atoms with Crippen LogP contribution < -0.4 is 10.1 Å². The van der Waals surface area contributed by atoms with Crippen molar-refractivity contribution in [1.29, 1.82) is 0 Å². The van der Waals surface area contributed by atoms with Gasteiger partial charge in [0.25, 0.3) is 5.91 Å². The minimum atomic E-state index is -0.289. The van der Waals surface area contributed by atoms with Crippen LogP contribution in [0.3, 0.4) is 0 Å². The van der Waals surface area contributed by atoms with Crippen LogP contribution >= 0.6 is 0 Å². The number of amides is 1. The van der Waals surface area contributed by atoms with Crippen LogP contribution in [-0.2, 0) is 4.84 Å². The fraction of sp³-hybridized carbons (Fsp3) is 0.200. The van der Waals surface area contributed by atoms with E-state index < -0.39 is 0 Å². The van der Waals surface area contributed by atoms with E-state index >= 15 is 0 Å². The summed E-state index contributed by atoms with van der Waals surface area (Å²) >= 11 is 0. The van der Waals surface area contributed by atoms with Crippen LogP contribution in [0.1, 0.15) is 10.4 Å². The second kappa shape index (κ2) is 6.71. The third-order valence-electron chi connectivity index (χ3n) is 2.96. The highest BCUT2D eigenvalue weighted by Gasteiger charge is 2.17. The van der Waals surface area contributed by atoms with E-state index in [9.17, 15) is 4.79 Å². The number of carbonyl (C=O) groups is 1. The molecule has 6 nitrogen and oxygen atoms in total. The van der Waals surface area contributed by atoms with Crippen LogP contribution in [-0.4, -0.2) is 37.2 Å². The van der Waals surface area contributed by atoms with Crippen molar-refractivity contribution in [3.05, 3.63) is 48.2 Å². The lowest BCUT2D eigenvalue weighted by Gasteiger charge is -2.17. The number of methoxy groups -OCH3 is 1. The predicted molar refractivity (Wildman–Crippen MR) is 79.6 cm³/mol. The zero-order chi connectivity index (χ0) is 15.2. The van der Waals surface area contributed by atoms with Crippen molar-refractivity contribution in [1.82, 2.24) is 10.0 Å². The molecule has 0 aliphatic rings. The monoisotopic (exact) mass is 287 g/mol. The van der Waals surface area contributed by atoms with Gasteiger partial charge in [-0.05, 0) is 24.3 Å². The van der Waals surface area contributed by atoms with Crippen molar-refractivity contribution in [2.45, 2.75) is 0 Å². The molecule has 0 aliphatic heterocycles. The molecule has 1 heterocycles. The lowest BCUT2D eigenvalue weighted by atomic mass is 10.2. The van der Waals surface area contributed by atoms with E-state index in [4.69, 9.17) is 9.57 Å². The van der Waals surface area contributed by atoms with E-state index in [0.29, 0.717) is 17.1 Å². The van der Waals surface area contributed by atoms with E-state index in [1.807, 2.05) is 24.3 Å². The number of hydrogen-bond acceptors (Lipinski definition) is 5. The van der Waals surface area contributed by atoms with Gasteiger partial charge in [0.1, 0.15) is 11.6 Å². The third-order valence-corrected chi connectivity index (χ3v) is 2.96. The van der Waals surface area contributed by atoms with Crippen molar-refractivity contribution in [3.8, 4) is 5.75 Å². The molecule has 2 rings (SSSR count). The predicted octanol–water partition coefficient (Wildman–Crippen LogP) is 2.47. The molecule has 110 valence electrons. The number of rotatable bonds is 5. The average molecular weight is 287 g/mol. The van der Waals surface area contributed by atoms with Gasteiger partial charge in [-0.25, -0.2) is 10.0 Å². The number of aromatic nitrogens is 1. The summed E-state index contributed by atoms with van der Waals surface area (Å²) in [5.74, 6) is 0.820. The fourth-order valence-electron chi connectivity index (χ4n) is 1.81. The summed E-state index contributed by atoms with van der Waals surface area (Å²) in [5.41, 5.74) is 1.14. The minimum Gasteiger partial charge on any atom is -0.495 e. The summed E-state index contributed by atoms with van der Waals surface area (Å²) in [6.07, 6.45) is 1.61. The number of para-hydroxylation sites is 2. The first-order valence-electron chi connectivity index (χ1n) is 6.34. The molecule has 1 amide bonds. The van der Waals surface area contributed by atoms with Gasteiger partial charge in [-0.15, -0.1) is 0 Å². The highest BCUT2D eigenvalue weighted by atomic mass is 16.7. The number of ether oxygens (including phenoxy) is 1. The zero-order valence-electron chi connectivity index (χ0n) is 12.2. The molecule has 0 bridgehead atoms. The summed E-state index contributed by atoms with van der Waals surface area (Å²) in [7, 11) is 4.56. The van der Waals surface area contributed by atoms with Gasteiger partial charge in [0.2, 0.25) is 0 Å². The number of anilines is 2. The first kappa shape index (κ1) is 14.8. The zero-order valence-corrected chi connectivity index (χ0v) is 12.2. The van der Waals surface area contributed by atoms with E-state index in [2.05, 4.69) is 10.3 Å². The highest BCUT2D eigenvalue weighted by Crippen LogP contribution is 2.27. The van der Waals surface area contributed by atoms with Crippen molar-refractivity contribution in [2.24, 2.45) is 0 Å². The van der Waals surface area contributed by atoms with Gasteiger partial charge in [-0.2, -0.15) is 0 Å². The Kier molecular flexibility index (Phi) is 4.73. The Labute approximate surface area is 123 Å². The molecule has 6 heteroatoms. The Morgan fingerprint density at radius 2 is 1.95 bits per heavy atom. The van der Waals surface area contributed by atoms with Crippen LogP contribution in [0.25, 0.3) is 0 Å². The molecule has 1 N–H and O–H groups in total. The number of benzene rings is 1. The van der Waals surface area contributed by atoms with E-state index in [-0.39, 0.29) is 5.91 Å². The van der Waals surface area contributed by atoms with Crippen LogP contribution in [0.5, 0.6) is 5.75 Å². The number of nitrogens with one attached hydrogen (secondary N) is 1. The summed E-state index contributed by atoms with van der Waals surface area (Å²) in [4.78, 5) is 21.4. The van der Waals surface area contributed by atoms with Crippen molar-refractivity contribution < 1.29 is 14.4 Å². The Bertz CT molecular complexity index is 631. The van der Waals surface area contributed by atoms with Gasteiger partial charge < -0.3 is 10.1 Å². The van der Waals surface area contributed by atoms with Crippen LogP contribution in [0.4, 0.5) is 11.5 Å². The number of nitrogens with zero attached hydrogens (tertiary/aromatic N) is 2. The number of carbonyl (C=O) groups excluding carboxylic acids is 1. The lowest BCUT2D eigenvalue weighted by Crippen LogP contribution is -2.26. The maximum Gasteiger partial charge on any atom is 0.280 e. The summed E-state index contributed by atoms with van der Waals surface area (Å²) in [6.45, 7) is 0. The SMILES string of the molecule is COc1ccccc1Nc1ncccc1C(=O)N(C)OC. The molecular formula is C15H17N3O3. The second-order valence-electron chi connectivity index (χ2n) is 4.21. The maximum atomic E-state index is 12.2. The molecule has 0 radical (unpaired) electrons. The molecule has 0 saturated heterocycles. The number of hydrogen-bond donors (Lipinski definition) is 1. The van der Waals surface area contributed by atoms with Gasteiger partial charge in [0, 0.05) is 13.2 Å². The molecule has 2 aromatic rings. The molecular weight excluding hydrogens is 270 g/mol. The molecule has 0 unspecified atom stereocenters. The number of pyridine rings is 1. The minimum absolute atomic E-state index is 0.289. The van der Waals surface area contributed by atoms with Gasteiger partial charge in [-0.1, -0.05) is 12.1 Å². The Balaban J connectivity index is 2.35. The first-order valence-corrected chi connectivity index (χ1v) is 6.34. The Hall–Kier alpha value is -2.60. The smallest absolute Gasteiger partial charge is 0.280 e. The lowest BCUT2D eigenvalue weighted by molar-refractivity contribution is -0.0756. The fourth-order valence-corrected chi connectivity index (χ4v) is 1.81. The highest BCUT2D eigenvalue weighted by molar-refractivity contribution is 5.98. The molecule has 1 aromatic heterocycles. The Morgan fingerprint density at radius 3 is 2.67 bits per heavy atom. The van der Waals surface area contributed by atoms with Gasteiger partial charge in [-0.3, -0.25) is 9.63 Å². The molecule has 0 atom stereocenters. The molecule has 0 spiro atoms. The van der Waals surface area contributed by atoms with E-state index in [1.54, 1.807) is 32.5 Å². The van der Waals surface area contributed by atoms with Gasteiger partial charge in [0.05, 0.1) is 25.5 Å². The van der Waals surface area contributed by atoms with Crippen molar-refractivity contribution in [3.63, 3.8) is 0 Å². The second-order valence-corrected chi connectivity index (χ2v) is 4.21. The van der Waals surface area contributed by atoms with Crippen LogP contribution in [0.2, 0.25) is 0 Å². The molecule has 21 heavy (non-hydrogen) atoms. The third kappa shape index (κ3) is 3.29. The number of hydroxylamine groups is 2. The first-order chi connectivity index (χ1) is 10.2. The summed E-state index contributed by atoms with van der Waals surface area (Å²) < 4.78 is 5.28. The molecule has 0 saturated carbocycles. The summed E-state index contributed by atoms with van der Waals surface area (Å²) in [6, 6.07) is 10.8. The Morgan fingerprint density at radius 1 is 1.19 bits per heavy atom. The van der Waals surface area contributed by atoms with E-state index in [1.165, 1.54) is 7.11 Å². The van der Waals surface area contributed by atoms with Crippen LogP contribution in [0.15, 0.2) is 42.6 Å². The normalized spacial score (nSPS) is 10.0. The quantitative estimate of drug-likeness (QED) is 0.856. The molecule has 1 aromatic carbocycles. The summed E-state index contributed by atoms with van der Waals surface area (Å²) in [5, 5.41) is 4.26. The van der Waals surface area contributed by atoms with Crippen LogP contribution in [0, 0.1) is 0 Å². The van der Waals surface area contributed by atoms with E-state index in [0.717, 1.165) is 10.8 Å². The maximum absolute atomic E-state index is 12.2. The average Bonchev–Trinajstić information content (AvgIpc) is 2.54. The topological polar surface area (TPSA) is 63.7 Å². The van der Waals surface area contributed by atoms with Gasteiger partial charge in [0.15, 0.2) is 0 Å².